The molecule has 0 saturated carbocycles. The third-order valence-electron chi connectivity index (χ3n) is 5.43. The van der Waals surface area contributed by atoms with Crippen molar-refractivity contribution in [1.82, 2.24) is 9.62 Å². The van der Waals surface area contributed by atoms with Gasteiger partial charge in [0.1, 0.15) is 4.21 Å². The minimum absolute atomic E-state index is 0.137. The Bertz CT molecular complexity index is 1150. The average molecular weight is 471 g/mol. The molecule has 1 aliphatic heterocycles. The van der Waals surface area contributed by atoms with Gasteiger partial charge in [-0.05, 0) is 35.7 Å². The van der Waals surface area contributed by atoms with Crippen molar-refractivity contribution in [3.8, 4) is 11.1 Å². The van der Waals surface area contributed by atoms with Crippen LogP contribution in [0.5, 0.6) is 0 Å². The van der Waals surface area contributed by atoms with Gasteiger partial charge in [0.05, 0.1) is 25.7 Å². The minimum atomic E-state index is -3.53. The molecule has 6 nitrogen and oxygen atoms in total. The van der Waals surface area contributed by atoms with Gasteiger partial charge < -0.3 is 10.1 Å². The average Bonchev–Trinajstić information content (AvgIpc) is 3.29. The molecule has 1 aliphatic rings. The topological polar surface area (TPSA) is 75.7 Å². The number of thiophene rings is 1. The predicted molar refractivity (Wildman–Crippen MR) is 126 cm³/mol. The van der Waals surface area contributed by atoms with E-state index in [1.165, 1.54) is 4.31 Å². The van der Waals surface area contributed by atoms with Crippen LogP contribution in [0.25, 0.3) is 11.1 Å². The maximum Gasteiger partial charge on any atom is 0.252 e. The van der Waals surface area contributed by atoms with Crippen LogP contribution < -0.4 is 5.32 Å². The van der Waals surface area contributed by atoms with E-state index in [1.807, 2.05) is 37.3 Å². The van der Waals surface area contributed by atoms with E-state index in [0.29, 0.717) is 26.3 Å². The summed E-state index contributed by atoms with van der Waals surface area (Å²) in [6.07, 6.45) is 0.149. The predicted octanol–water partition coefficient (Wildman–Crippen LogP) is 3.86. The Labute approximate surface area is 192 Å². The van der Waals surface area contributed by atoms with Gasteiger partial charge in [-0.3, -0.25) is 4.79 Å². The van der Waals surface area contributed by atoms with E-state index < -0.39 is 10.0 Å². The van der Waals surface area contributed by atoms with Crippen molar-refractivity contribution >= 4 is 27.3 Å². The smallest absolute Gasteiger partial charge is 0.252 e. The first-order valence-corrected chi connectivity index (χ1v) is 12.8. The van der Waals surface area contributed by atoms with Crippen molar-refractivity contribution in [2.24, 2.45) is 0 Å². The van der Waals surface area contributed by atoms with Gasteiger partial charge in [-0.25, -0.2) is 8.42 Å². The second kappa shape index (κ2) is 9.95. The van der Waals surface area contributed by atoms with E-state index in [9.17, 15) is 13.2 Å². The zero-order chi connectivity index (χ0) is 22.6. The van der Waals surface area contributed by atoms with Gasteiger partial charge in [-0.1, -0.05) is 54.6 Å². The summed E-state index contributed by atoms with van der Waals surface area (Å²) in [5, 5.41) is 3.01. The van der Waals surface area contributed by atoms with Gasteiger partial charge in [0, 0.05) is 18.0 Å². The van der Waals surface area contributed by atoms with Gasteiger partial charge in [-0.2, -0.15) is 4.31 Å². The maximum atomic E-state index is 12.8. The molecule has 2 aromatic carbocycles. The van der Waals surface area contributed by atoms with Crippen molar-refractivity contribution in [1.29, 1.82) is 0 Å². The Kier molecular flexibility index (Phi) is 7.05. The fourth-order valence-electron chi connectivity index (χ4n) is 3.64. The molecule has 1 N–H and O–H groups in total. The van der Waals surface area contributed by atoms with Crippen LogP contribution in [-0.4, -0.2) is 44.9 Å². The van der Waals surface area contributed by atoms with Crippen LogP contribution in [0.4, 0.5) is 0 Å². The molecule has 1 atom stereocenters. The summed E-state index contributed by atoms with van der Waals surface area (Å²) >= 11 is 1.15. The molecule has 1 amide bonds. The van der Waals surface area contributed by atoms with Crippen LogP contribution in [0.2, 0.25) is 0 Å². The summed E-state index contributed by atoms with van der Waals surface area (Å²) in [7, 11) is -3.53. The Balaban J connectivity index is 1.35. The number of carbonyl (C=O) groups excluding carboxylic acids is 1. The standard InChI is InChI=1S/C24H26N2O4S2/c1-18(19-7-9-21(10-8-19)20-5-3-2-4-6-20)25-23(27)17-22-11-12-24(31-22)32(28,29)26-13-15-30-16-14-26/h2-12,18H,13-17H2,1H3,(H,25,27)/t18-/m0/s1. The molecule has 32 heavy (non-hydrogen) atoms. The third kappa shape index (κ3) is 5.27. The molecule has 4 rings (SSSR count). The number of morpholine rings is 1. The largest absolute Gasteiger partial charge is 0.379 e. The molecule has 1 fully saturated rings. The van der Waals surface area contributed by atoms with Crippen LogP contribution in [-0.2, 0) is 26.0 Å². The molecule has 1 aromatic heterocycles. The van der Waals surface area contributed by atoms with E-state index in [1.54, 1.807) is 12.1 Å². The number of nitrogens with one attached hydrogen (secondary N) is 1. The van der Waals surface area contributed by atoms with Gasteiger partial charge in [0.15, 0.2) is 0 Å². The molecule has 0 spiro atoms. The normalized spacial score (nSPS) is 15.9. The van der Waals surface area contributed by atoms with Crippen LogP contribution in [0.1, 0.15) is 23.4 Å². The number of hydrogen-bond acceptors (Lipinski definition) is 5. The first kappa shape index (κ1) is 22.7. The zero-order valence-corrected chi connectivity index (χ0v) is 19.5. The second-order valence-electron chi connectivity index (χ2n) is 7.69. The fraction of sp³-hybridized carbons (Fsp3) is 0.292. The number of amides is 1. The van der Waals surface area contributed by atoms with Crippen molar-refractivity contribution < 1.29 is 17.9 Å². The Morgan fingerprint density at radius 1 is 1.00 bits per heavy atom. The summed E-state index contributed by atoms with van der Waals surface area (Å²) in [4.78, 5) is 13.3. The first-order chi connectivity index (χ1) is 15.4. The molecule has 0 unspecified atom stereocenters. The molecule has 2 heterocycles. The summed E-state index contributed by atoms with van der Waals surface area (Å²) in [6, 6.07) is 21.4. The lowest BCUT2D eigenvalue weighted by molar-refractivity contribution is -0.121. The highest BCUT2D eigenvalue weighted by atomic mass is 32.2. The molecular formula is C24H26N2O4S2. The van der Waals surface area contributed by atoms with Gasteiger partial charge in [0.25, 0.3) is 10.0 Å². The molecule has 0 radical (unpaired) electrons. The van der Waals surface area contributed by atoms with Crippen molar-refractivity contribution in [3.63, 3.8) is 0 Å². The van der Waals surface area contributed by atoms with Crippen LogP contribution in [0.3, 0.4) is 0 Å². The molecule has 0 bridgehead atoms. The van der Waals surface area contributed by atoms with Crippen molar-refractivity contribution in [2.45, 2.75) is 23.6 Å². The monoisotopic (exact) mass is 470 g/mol. The molecule has 168 valence electrons. The number of hydrogen-bond donors (Lipinski definition) is 1. The maximum absolute atomic E-state index is 12.8. The number of rotatable bonds is 7. The molecule has 1 saturated heterocycles. The first-order valence-electron chi connectivity index (χ1n) is 10.5. The highest BCUT2D eigenvalue weighted by Crippen LogP contribution is 2.26. The Morgan fingerprint density at radius 2 is 1.66 bits per heavy atom. The van der Waals surface area contributed by atoms with Crippen molar-refractivity contribution in [2.75, 3.05) is 26.3 Å². The van der Waals surface area contributed by atoms with Gasteiger partial charge in [0.2, 0.25) is 5.91 Å². The lowest BCUT2D eigenvalue weighted by Crippen LogP contribution is -2.40. The number of nitrogens with zero attached hydrogens (tertiary/aromatic N) is 1. The number of benzene rings is 2. The van der Waals surface area contributed by atoms with Gasteiger partial charge >= 0.3 is 0 Å². The lowest BCUT2D eigenvalue weighted by atomic mass is 10.0. The van der Waals surface area contributed by atoms with E-state index in [-0.39, 0.29) is 22.6 Å². The Morgan fingerprint density at radius 3 is 2.34 bits per heavy atom. The highest BCUT2D eigenvalue weighted by molar-refractivity contribution is 7.91. The Hall–Kier alpha value is -2.52. The SMILES string of the molecule is C[C@H](NC(=O)Cc1ccc(S(=O)(=O)N2CCOCC2)s1)c1ccc(-c2ccccc2)cc1. The molecule has 3 aromatic rings. The quantitative estimate of drug-likeness (QED) is 0.569. The minimum Gasteiger partial charge on any atom is -0.379 e. The fourth-order valence-corrected chi connectivity index (χ4v) is 6.55. The number of sulfonamides is 1. The summed E-state index contributed by atoms with van der Waals surface area (Å²) in [5.74, 6) is -0.137. The van der Waals surface area contributed by atoms with E-state index in [2.05, 4.69) is 29.6 Å². The van der Waals surface area contributed by atoms with E-state index in [0.717, 1.165) is 32.9 Å². The van der Waals surface area contributed by atoms with Crippen LogP contribution in [0, 0.1) is 0 Å². The summed E-state index contributed by atoms with van der Waals surface area (Å²) in [6.45, 7) is 3.47. The third-order valence-corrected chi connectivity index (χ3v) is 8.88. The lowest BCUT2D eigenvalue weighted by Gasteiger charge is -2.25. The zero-order valence-electron chi connectivity index (χ0n) is 17.9. The van der Waals surface area contributed by atoms with Crippen LogP contribution >= 0.6 is 11.3 Å². The highest BCUT2D eigenvalue weighted by Gasteiger charge is 2.28. The molecule has 8 heteroatoms. The number of carbonyl (C=O) groups is 1. The van der Waals surface area contributed by atoms with Crippen LogP contribution in [0.15, 0.2) is 70.9 Å². The van der Waals surface area contributed by atoms with Gasteiger partial charge in [-0.15, -0.1) is 11.3 Å². The van der Waals surface area contributed by atoms with Crippen molar-refractivity contribution in [3.05, 3.63) is 77.2 Å². The second-order valence-corrected chi connectivity index (χ2v) is 11.0. The molecular weight excluding hydrogens is 444 g/mol. The summed E-state index contributed by atoms with van der Waals surface area (Å²) in [5.41, 5.74) is 3.29. The number of ether oxygens (including phenoxy) is 1. The summed E-state index contributed by atoms with van der Waals surface area (Å²) < 4.78 is 32.5. The van der Waals surface area contributed by atoms with E-state index in [4.69, 9.17) is 4.74 Å². The van der Waals surface area contributed by atoms with E-state index >= 15 is 0 Å². The molecule has 0 aliphatic carbocycles.